The average Bonchev–Trinajstić information content (AvgIpc) is 2.42. The molecule has 0 aliphatic rings. The Morgan fingerprint density at radius 2 is 1.89 bits per heavy atom. The van der Waals surface area contributed by atoms with Crippen LogP contribution in [0.2, 0.25) is 5.02 Å². The number of carbonyl (C=O) groups is 1. The molecule has 0 fully saturated rings. The molecule has 0 saturated carbocycles. The molecule has 18 heavy (non-hydrogen) atoms. The molecule has 0 aromatic heterocycles. The van der Waals surface area contributed by atoms with Gasteiger partial charge in [-0.1, -0.05) is 41.9 Å². The first kappa shape index (κ1) is 12.7. The second kappa shape index (κ2) is 5.69. The van der Waals surface area contributed by atoms with Crippen LogP contribution in [-0.2, 0) is 0 Å². The van der Waals surface area contributed by atoms with Crippen molar-refractivity contribution in [3.8, 4) is 5.75 Å². The van der Waals surface area contributed by atoms with Gasteiger partial charge < -0.3 is 4.74 Å². The average molecular weight is 261 g/mol. The van der Waals surface area contributed by atoms with Crippen LogP contribution >= 0.6 is 11.6 Å². The van der Waals surface area contributed by atoms with E-state index in [-0.39, 0.29) is 6.10 Å². The zero-order valence-electron chi connectivity index (χ0n) is 9.97. The van der Waals surface area contributed by atoms with Crippen molar-refractivity contribution < 1.29 is 9.53 Å². The van der Waals surface area contributed by atoms with Crippen molar-refractivity contribution in [3.05, 3.63) is 64.7 Å². The summed E-state index contributed by atoms with van der Waals surface area (Å²) in [6, 6.07) is 14.9. The van der Waals surface area contributed by atoms with Gasteiger partial charge in [0.1, 0.15) is 18.1 Å². The maximum absolute atomic E-state index is 10.6. The molecule has 2 aromatic carbocycles. The summed E-state index contributed by atoms with van der Waals surface area (Å²) in [7, 11) is 0. The van der Waals surface area contributed by atoms with E-state index >= 15 is 0 Å². The van der Waals surface area contributed by atoms with Gasteiger partial charge in [-0.05, 0) is 30.7 Å². The van der Waals surface area contributed by atoms with E-state index in [1.165, 1.54) is 0 Å². The maximum Gasteiger partial charge on any atom is 0.150 e. The van der Waals surface area contributed by atoms with E-state index < -0.39 is 0 Å². The number of hydrogen-bond donors (Lipinski definition) is 0. The molecule has 0 amide bonds. The lowest BCUT2D eigenvalue weighted by Gasteiger charge is -2.16. The van der Waals surface area contributed by atoms with Gasteiger partial charge in [-0.25, -0.2) is 0 Å². The van der Waals surface area contributed by atoms with Crippen LogP contribution in [0.4, 0.5) is 0 Å². The fourth-order valence-electron chi connectivity index (χ4n) is 1.67. The summed E-state index contributed by atoms with van der Waals surface area (Å²) in [4.78, 5) is 10.6. The predicted octanol–water partition coefficient (Wildman–Crippen LogP) is 4.29. The molecular formula is C15H13ClO2. The predicted molar refractivity (Wildman–Crippen MR) is 72.3 cm³/mol. The van der Waals surface area contributed by atoms with Crippen LogP contribution in [0.3, 0.4) is 0 Å². The van der Waals surface area contributed by atoms with Gasteiger partial charge >= 0.3 is 0 Å². The Bertz CT molecular complexity index is 537. The molecular weight excluding hydrogens is 248 g/mol. The molecule has 1 unspecified atom stereocenters. The third-order valence-corrected chi connectivity index (χ3v) is 2.96. The molecule has 0 heterocycles. The molecule has 0 N–H and O–H groups in total. The second-order valence-electron chi connectivity index (χ2n) is 3.98. The van der Waals surface area contributed by atoms with Crippen LogP contribution in [-0.4, -0.2) is 6.29 Å². The van der Waals surface area contributed by atoms with Gasteiger partial charge in [0.2, 0.25) is 0 Å². The van der Waals surface area contributed by atoms with Crippen molar-refractivity contribution in [2.24, 2.45) is 0 Å². The molecule has 2 aromatic rings. The minimum Gasteiger partial charge on any atom is -0.484 e. The number of ether oxygens (including phenoxy) is 1. The topological polar surface area (TPSA) is 26.3 Å². The molecule has 0 radical (unpaired) electrons. The summed E-state index contributed by atoms with van der Waals surface area (Å²) < 4.78 is 5.78. The number of hydrogen-bond acceptors (Lipinski definition) is 2. The van der Waals surface area contributed by atoms with Gasteiger partial charge in [0.15, 0.2) is 0 Å². The minimum atomic E-state index is -0.0919. The molecule has 0 spiro atoms. The Labute approximate surface area is 111 Å². The highest BCUT2D eigenvalue weighted by atomic mass is 35.5. The number of aldehydes is 1. The highest BCUT2D eigenvalue weighted by molar-refractivity contribution is 6.32. The molecule has 2 rings (SSSR count). The van der Waals surface area contributed by atoms with Gasteiger partial charge in [0, 0.05) is 5.56 Å². The molecule has 92 valence electrons. The number of benzene rings is 2. The largest absolute Gasteiger partial charge is 0.484 e. The third kappa shape index (κ3) is 2.90. The fraction of sp³-hybridized carbons (Fsp3) is 0.133. The lowest BCUT2D eigenvalue weighted by molar-refractivity contribution is 0.112. The van der Waals surface area contributed by atoms with Gasteiger partial charge in [0.25, 0.3) is 0 Å². The molecule has 2 nitrogen and oxygen atoms in total. The summed E-state index contributed by atoms with van der Waals surface area (Å²) in [6.45, 7) is 1.96. The summed E-state index contributed by atoms with van der Waals surface area (Å²) in [6.07, 6.45) is 0.668. The van der Waals surface area contributed by atoms with Crippen molar-refractivity contribution in [1.29, 1.82) is 0 Å². The smallest absolute Gasteiger partial charge is 0.150 e. The molecule has 0 saturated heterocycles. The van der Waals surface area contributed by atoms with Gasteiger partial charge in [-0.15, -0.1) is 0 Å². The Balaban J connectivity index is 2.17. The number of rotatable bonds is 4. The standard InChI is InChI=1S/C15H13ClO2/c1-11(13-5-3-2-4-6-13)18-15-8-7-12(10-17)9-14(15)16/h2-11H,1H3. The quantitative estimate of drug-likeness (QED) is 0.767. The number of halogens is 1. The van der Waals surface area contributed by atoms with Gasteiger partial charge in [0.05, 0.1) is 5.02 Å². The SMILES string of the molecule is CC(Oc1ccc(C=O)cc1Cl)c1ccccc1. The first-order chi connectivity index (χ1) is 8.70. The van der Waals surface area contributed by atoms with Crippen molar-refractivity contribution in [3.63, 3.8) is 0 Å². The van der Waals surface area contributed by atoms with E-state index in [0.717, 1.165) is 11.8 Å². The summed E-state index contributed by atoms with van der Waals surface area (Å²) in [5, 5.41) is 0.447. The maximum atomic E-state index is 10.6. The third-order valence-electron chi connectivity index (χ3n) is 2.66. The monoisotopic (exact) mass is 260 g/mol. The van der Waals surface area contributed by atoms with Crippen LogP contribution in [0.15, 0.2) is 48.5 Å². The van der Waals surface area contributed by atoms with E-state index in [2.05, 4.69) is 0 Å². The van der Waals surface area contributed by atoms with Crippen LogP contribution in [0.1, 0.15) is 28.9 Å². The van der Waals surface area contributed by atoms with Gasteiger partial charge in [-0.2, -0.15) is 0 Å². The molecule has 0 bridgehead atoms. The Morgan fingerprint density at radius 3 is 2.50 bits per heavy atom. The lowest BCUT2D eigenvalue weighted by atomic mass is 10.1. The van der Waals surface area contributed by atoms with E-state index in [1.807, 2.05) is 37.3 Å². The van der Waals surface area contributed by atoms with Crippen molar-refractivity contribution in [1.82, 2.24) is 0 Å². The van der Waals surface area contributed by atoms with E-state index in [4.69, 9.17) is 16.3 Å². The highest BCUT2D eigenvalue weighted by Gasteiger charge is 2.09. The van der Waals surface area contributed by atoms with E-state index in [1.54, 1.807) is 18.2 Å². The van der Waals surface area contributed by atoms with E-state index in [9.17, 15) is 4.79 Å². The van der Waals surface area contributed by atoms with Gasteiger partial charge in [-0.3, -0.25) is 4.79 Å². The fourth-order valence-corrected chi connectivity index (χ4v) is 1.90. The Morgan fingerprint density at radius 1 is 1.17 bits per heavy atom. The number of carbonyl (C=O) groups excluding carboxylic acids is 1. The second-order valence-corrected chi connectivity index (χ2v) is 4.39. The summed E-state index contributed by atoms with van der Waals surface area (Å²) >= 11 is 6.06. The highest BCUT2D eigenvalue weighted by Crippen LogP contribution is 2.29. The van der Waals surface area contributed by atoms with Crippen LogP contribution in [0.25, 0.3) is 0 Å². The van der Waals surface area contributed by atoms with Crippen LogP contribution in [0, 0.1) is 0 Å². The molecule has 1 atom stereocenters. The van der Waals surface area contributed by atoms with Crippen LogP contribution < -0.4 is 4.74 Å². The lowest BCUT2D eigenvalue weighted by Crippen LogP contribution is -2.03. The zero-order valence-corrected chi connectivity index (χ0v) is 10.7. The summed E-state index contributed by atoms with van der Waals surface area (Å²) in [5.74, 6) is 0.582. The summed E-state index contributed by atoms with van der Waals surface area (Å²) in [5.41, 5.74) is 1.62. The van der Waals surface area contributed by atoms with Crippen molar-refractivity contribution in [2.75, 3.05) is 0 Å². The molecule has 3 heteroatoms. The molecule has 0 aliphatic carbocycles. The minimum absolute atomic E-state index is 0.0919. The first-order valence-electron chi connectivity index (χ1n) is 5.67. The normalized spacial score (nSPS) is 11.9. The van der Waals surface area contributed by atoms with E-state index in [0.29, 0.717) is 16.3 Å². The molecule has 0 aliphatic heterocycles. The Kier molecular flexibility index (Phi) is 4.00. The first-order valence-corrected chi connectivity index (χ1v) is 6.05. The Hall–Kier alpha value is -1.80. The van der Waals surface area contributed by atoms with Crippen LogP contribution in [0.5, 0.6) is 5.75 Å². The van der Waals surface area contributed by atoms with Crippen molar-refractivity contribution >= 4 is 17.9 Å². The van der Waals surface area contributed by atoms with Crippen molar-refractivity contribution in [2.45, 2.75) is 13.0 Å². The zero-order chi connectivity index (χ0) is 13.0.